The lowest BCUT2D eigenvalue weighted by Crippen LogP contribution is -2.18. The van der Waals surface area contributed by atoms with Gasteiger partial charge in [-0.15, -0.1) is 0 Å². The molecule has 20 heavy (non-hydrogen) atoms. The van der Waals surface area contributed by atoms with E-state index in [9.17, 15) is 4.79 Å². The Morgan fingerprint density at radius 2 is 2.35 bits per heavy atom. The molecule has 0 saturated carbocycles. The fourth-order valence-corrected chi connectivity index (χ4v) is 3.00. The molecular formula is C16H18O4. The number of esters is 1. The number of aliphatic hydroxyl groups is 1. The number of furan rings is 1. The minimum Gasteiger partial charge on any atom is -0.469 e. The van der Waals surface area contributed by atoms with Crippen molar-refractivity contribution in [2.75, 3.05) is 13.7 Å². The highest BCUT2D eigenvalue weighted by Crippen LogP contribution is 2.40. The summed E-state index contributed by atoms with van der Waals surface area (Å²) in [6, 6.07) is 2.02. The van der Waals surface area contributed by atoms with Gasteiger partial charge in [-0.3, -0.25) is 4.79 Å². The molecule has 1 N–H and O–H groups in total. The predicted octanol–water partition coefficient (Wildman–Crippen LogP) is 2.26. The Kier molecular flexibility index (Phi) is 3.49. The predicted molar refractivity (Wildman–Crippen MR) is 74.0 cm³/mol. The monoisotopic (exact) mass is 274 g/mol. The molecule has 2 aliphatic carbocycles. The van der Waals surface area contributed by atoms with Crippen molar-refractivity contribution in [3.05, 3.63) is 40.9 Å². The zero-order valence-corrected chi connectivity index (χ0v) is 11.5. The normalized spacial score (nSPS) is 20.6. The molecule has 1 aromatic rings. The van der Waals surface area contributed by atoms with Gasteiger partial charge in [-0.05, 0) is 24.5 Å². The van der Waals surface area contributed by atoms with Crippen molar-refractivity contribution in [3.63, 3.8) is 0 Å². The maximum absolute atomic E-state index is 11.6. The molecule has 106 valence electrons. The molecule has 0 spiro atoms. The highest BCUT2D eigenvalue weighted by molar-refractivity contribution is 5.84. The summed E-state index contributed by atoms with van der Waals surface area (Å²) in [7, 11) is 1.43. The van der Waals surface area contributed by atoms with Crippen LogP contribution in [0.15, 0.2) is 28.2 Å². The summed E-state index contributed by atoms with van der Waals surface area (Å²) >= 11 is 0. The van der Waals surface area contributed by atoms with E-state index < -0.39 is 0 Å². The van der Waals surface area contributed by atoms with E-state index in [4.69, 9.17) is 14.3 Å². The molecule has 0 aromatic carbocycles. The van der Waals surface area contributed by atoms with Crippen molar-refractivity contribution in [3.8, 4) is 0 Å². The van der Waals surface area contributed by atoms with Gasteiger partial charge in [0.15, 0.2) is 0 Å². The highest BCUT2D eigenvalue weighted by atomic mass is 16.5. The van der Waals surface area contributed by atoms with E-state index in [1.54, 1.807) is 0 Å². The van der Waals surface area contributed by atoms with Crippen molar-refractivity contribution in [1.82, 2.24) is 0 Å². The van der Waals surface area contributed by atoms with Crippen molar-refractivity contribution in [1.29, 1.82) is 0 Å². The van der Waals surface area contributed by atoms with Crippen LogP contribution in [0.1, 0.15) is 29.9 Å². The van der Waals surface area contributed by atoms with E-state index in [-0.39, 0.29) is 18.5 Å². The topological polar surface area (TPSA) is 59.7 Å². The number of aliphatic hydroxyl groups excluding tert-OH is 1. The molecule has 1 aromatic heterocycles. The van der Waals surface area contributed by atoms with Gasteiger partial charge >= 0.3 is 5.97 Å². The number of carbonyl (C=O) groups excluding carboxylic acids is 1. The summed E-state index contributed by atoms with van der Waals surface area (Å²) in [6.45, 7) is 0.0958. The number of rotatable bonds is 3. The first kappa shape index (κ1) is 13.2. The fraction of sp³-hybridized carbons (Fsp3) is 0.438. The largest absolute Gasteiger partial charge is 0.469 e. The first-order chi connectivity index (χ1) is 9.72. The van der Waals surface area contributed by atoms with E-state index in [2.05, 4.69) is 0 Å². The number of carbonyl (C=O) groups is 1. The Balaban J connectivity index is 1.89. The van der Waals surface area contributed by atoms with E-state index >= 15 is 0 Å². The summed E-state index contributed by atoms with van der Waals surface area (Å²) in [6.07, 6.45) is 6.99. The van der Waals surface area contributed by atoms with Crippen LogP contribution in [-0.2, 0) is 22.4 Å². The molecule has 0 fully saturated rings. The van der Waals surface area contributed by atoms with Gasteiger partial charge in [-0.2, -0.15) is 0 Å². The molecule has 0 bridgehead atoms. The molecule has 1 heterocycles. The summed E-state index contributed by atoms with van der Waals surface area (Å²) < 4.78 is 10.6. The zero-order chi connectivity index (χ0) is 14.1. The molecular weight excluding hydrogens is 256 g/mol. The number of ether oxygens (including phenoxy) is 1. The molecule has 0 radical (unpaired) electrons. The highest BCUT2D eigenvalue weighted by Gasteiger charge is 2.28. The fourth-order valence-electron chi connectivity index (χ4n) is 3.00. The van der Waals surface area contributed by atoms with Crippen LogP contribution in [0.5, 0.6) is 0 Å². The van der Waals surface area contributed by atoms with Gasteiger partial charge in [-0.25, -0.2) is 0 Å². The number of hydrogen-bond donors (Lipinski definition) is 1. The summed E-state index contributed by atoms with van der Waals surface area (Å²) in [5, 5.41) is 9.00. The van der Waals surface area contributed by atoms with Gasteiger partial charge in [-0.1, -0.05) is 17.7 Å². The minimum atomic E-state index is -0.174. The van der Waals surface area contributed by atoms with Gasteiger partial charge in [0.1, 0.15) is 11.5 Å². The van der Waals surface area contributed by atoms with Gasteiger partial charge in [0, 0.05) is 18.4 Å². The SMILES string of the molecule is COC(=O)C1C=CC2=C(CCc3oc(CCO)cc32)C1. The van der Waals surface area contributed by atoms with E-state index in [0.29, 0.717) is 6.42 Å². The van der Waals surface area contributed by atoms with Crippen LogP contribution in [0.2, 0.25) is 0 Å². The van der Waals surface area contributed by atoms with Crippen molar-refractivity contribution < 1.29 is 19.1 Å². The van der Waals surface area contributed by atoms with E-state index in [1.165, 1.54) is 18.3 Å². The van der Waals surface area contributed by atoms with Crippen LogP contribution in [-0.4, -0.2) is 24.8 Å². The lowest BCUT2D eigenvalue weighted by atomic mass is 9.81. The third kappa shape index (κ3) is 2.20. The standard InChI is InChI=1S/C16H18O4/c1-19-16(18)11-2-4-13-10(8-11)3-5-15-14(13)9-12(20-15)6-7-17/h2,4,9,11,17H,3,5-8H2,1H3. The third-order valence-corrected chi connectivity index (χ3v) is 4.01. The minimum absolute atomic E-state index is 0.0958. The number of allylic oxidation sites excluding steroid dienone is 3. The molecule has 3 rings (SSSR count). The molecule has 4 heteroatoms. The lowest BCUT2D eigenvalue weighted by Gasteiger charge is -2.24. The zero-order valence-electron chi connectivity index (χ0n) is 11.5. The molecule has 0 aliphatic heterocycles. The Labute approximate surface area is 117 Å². The van der Waals surface area contributed by atoms with Crippen LogP contribution < -0.4 is 0 Å². The summed E-state index contributed by atoms with van der Waals surface area (Å²) in [5.74, 6) is 1.49. The van der Waals surface area contributed by atoms with Crippen LogP contribution in [0.4, 0.5) is 0 Å². The molecule has 1 unspecified atom stereocenters. The Hall–Kier alpha value is -1.81. The van der Waals surface area contributed by atoms with Crippen LogP contribution >= 0.6 is 0 Å². The molecule has 2 aliphatic rings. The number of aryl methyl sites for hydroxylation is 1. The molecule has 0 amide bonds. The smallest absolute Gasteiger partial charge is 0.312 e. The van der Waals surface area contributed by atoms with Crippen molar-refractivity contribution in [2.45, 2.75) is 25.7 Å². The lowest BCUT2D eigenvalue weighted by molar-refractivity contribution is -0.143. The number of methoxy groups -OCH3 is 1. The Morgan fingerprint density at radius 3 is 3.10 bits per heavy atom. The average Bonchev–Trinajstić information content (AvgIpc) is 2.89. The molecule has 4 nitrogen and oxygen atoms in total. The summed E-state index contributed by atoms with van der Waals surface area (Å²) in [4.78, 5) is 11.6. The van der Waals surface area contributed by atoms with Crippen LogP contribution in [0.25, 0.3) is 5.57 Å². The van der Waals surface area contributed by atoms with Crippen LogP contribution in [0.3, 0.4) is 0 Å². The maximum atomic E-state index is 11.6. The van der Waals surface area contributed by atoms with E-state index in [0.717, 1.165) is 36.3 Å². The first-order valence-electron chi connectivity index (χ1n) is 6.93. The molecule has 1 atom stereocenters. The van der Waals surface area contributed by atoms with Gasteiger partial charge in [0.25, 0.3) is 0 Å². The average molecular weight is 274 g/mol. The van der Waals surface area contributed by atoms with Gasteiger partial charge in [0.05, 0.1) is 19.6 Å². The summed E-state index contributed by atoms with van der Waals surface area (Å²) in [5.41, 5.74) is 3.60. The molecule has 0 saturated heterocycles. The second-order valence-corrected chi connectivity index (χ2v) is 5.23. The second-order valence-electron chi connectivity index (χ2n) is 5.23. The third-order valence-electron chi connectivity index (χ3n) is 4.01. The van der Waals surface area contributed by atoms with Gasteiger partial charge < -0.3 is 14.3 Å². The Bertz CT molecular complexity index is 592. The van der Waals surface area contributed by atoms with Gasteiger partial charge in [0.2, 0.25) is 0 Å². The maximum Gasteiger partial charge on any atom is 0.312 e. The Morgan fingerprint density at radius 1 is 1.50 bits per heavy atom. The quantitative estimate of drug-likeness (QED) is 0.859. The number of fused-ring (bicyclic) bond motifs is 2. The van der Waals surface area contributed by atoms with Crippen molar-refractivity contribution >= 4 is 11.5 Å². The van der Waals surface area contributed by atoms with E-state index in [1.807, 2.05) is 18.2 Å². The first-order valence-corrected chi connectivity index (χ1v) is 6.93. The second kappa shape index (κ2) is 5.29. The number of hydrogen-bond acceptors (Lipinski definition) is 4. The van der Waals surface area contributed by atoms with Crippen LogP contribution in [0, 0.1) is 5.92 Å². The van der Waals surface area contributed by atoms with Crippen molar-refractivity contribution in [2.24, 2.45) is 5.92 Å².